The molecule has 2 radical (unpaired) electrons. The third-order valence-electron chi connectivity index (χ3n) is 1.28. The molecule has 0 amide bonds. The summed E-state index contributed by atoms with van der Waals surface area (Å²) in [5.41, 5.74) is -0.849. The topological polar surface area (TPSA) is 17.1 Å². The van der Waals surface area contributed by atoms with Crippen molar-refractivity contribution in [1.82, 2.24) is 0 Å². The van der Waals surface area contributed by atoms with Crippen molar-refractivity contribution in [2.24, 2.45) is 0 Å². The highest BCUT2D eigenvalue weighted by Crippen LogP contribution is 2.03. The SMILES string of the molecule is [B]c1c(F)ccc(C=O)c1F. The molecule has 0 unspecified atom stereocenters. The lowest BCUT2D eigenvalue weighted by Crippen LogP contribution is -2.15. The van der Waals surface area contributed by atoms with E-state index in [-0.39, 0.29) is 11.8 Å². The van der Waals surface area contributed by atoms with Gasteiger partial charge in [0.05, 0.1) is 0 Å². The minimum absolute atomic E-state index is 0.232. The fourth-order valence-electron chi connectivity index (χ4n) is 0.677. The van der Waals surface area contributed by atoms with Crippen LogP contribution in [-0.4, -0.2) is 14.1 Å². The molecule has 1 rings (SSSR count). The van der Waals surface area contributed by atoms with Crippen molar-refractivity contribution in [2.45, 2.75) is 0 Å². The summed E-state index contributed by atoms with van der Waals surface area (Å²) in [4.78, 5) is 10.1. The van der Waals surface area contributed by atoms with E-state index in [1.54, 1.807) is 0 Å². The van der Waals surface area contributed by atoms with Gasteiger partial charge >= 0.3 is 0 Å². The molecule has 0 N–H and O–H groups in total. The van der Waals surface area contributed by atoms with Crippen molar-refractivity contribution in [3.63, 3.8) is 0 Å². The molecule has 0 saturated heterocycles. The van der Waals surface area contributed by atoms with E-state index in [2.05, 4.69) is 0 Å². The lowest BCUT2D eigenvalue weighted by molar-refractivity contribution is 0.112. The summed E-state index contributed by atoms with van der Waals surface area (Å²) >= 11 is 0. The molecule has 0 atom stereocenters. The molecule has 1 aromatic carbocycles. The van der Waals surface area contributed by atoms with Gasteiger partial charge in [0, 0.05) is 5.56 Å². The van der Waals surface area contributed by atoms with Crippen LogP contribution in [0, 0.1) is 11.6 Å². The van der Waals surface area contributed by atoms with Gasteiger partial charge in [-0.2, -0.15) is 0 Å². The van der Waals surface area contributed by atoms with Crippen molar-refractivity contribution in [3.05, 3.63) is 29.3 Å². The van der Waals surface area contributed by atoms with Gasteiger partial charge in [0.25, 0.3) is 0 Å². The number of carbonyl (C=O) groups excluding carboxylic acids is 1. The van der Waals surface area contributed by atoms with E-state index in [1.807, 2.05) is 0 Å². The number of carbonyl (C=O) groups is 1. The average molecular weight is 152 g/mol. The molecule has 11 heavy (non-hydrogen) atoms. The Bertz CT molecular complexity index is 299. The van der Waals surface area contributed by atoms with Gasteiger partial charge in [0.1, 0.15) is 19.5 Å². The Balaban J connectivity index is 3.36. The molecule has 54 valence electrons. The number of rotatable bonds is 1. The summed E-state index contributed by atoms with van der Waals surface area (Å²) in [7, 11) is 4.95. The average Bonchev–Trinajstić information content (AvgIpc) is 2.01. The zero-order chi connectivity index (χ0) is 8.43. The molecule has 1 nitrogen and oxygen atoms in total. The first-order valence-electron chi connectivity index (χ1n) is 2.85. The second-order valence-corrected chi connectivity index (χ2v) is 1.98. The first kappa shape index (κ1) is 7.92. The zero-order valence-corrected chi connectivity index (χ0v) is 5.47. The van der Waals surface area contributed by atoms with Crippen molar-refractivity contribution in [2.75, 3.05) is 0 Å². The molecule has 0 aliphatic rings. The van der Waals surface area contributed by atoms with E-state index in [4.69, 9.17) is 7.85 Å². The van der Waals surface area contributed by atoms with E-state index in [0.29, 0.717) is 0 Å². The number of benzene rings is 1. The highest BCUT2D eigenvalue weighted by Gasteiger charge is 2.07. The van der Waals surface area contributed by atoms with Crippen molar-refractivity contribution >= 4 is 19.6 Å². The fraction of sp³-hybridized carbons (Fsp3) is 0. The first-order chi connectivity index (χ1) is 5.16. The summed E-state index contributed by atoms with van der Waals surface area (Å²) < 4.78 is 25.1. The van der Waals surface area contributed by atoms with Crippen LogP contribution in [0.4, 0.5) is 8.78 Å². The van der Waals surface area contributed by atoms with Gasteiger partial charge in [-0.3, -0.25) is 4.79 Å². The van der Waals surface area contributed by atoms with Crippen molar-refractivity contribution < 1.29 is 13.6 Å². The molecule has 0 aliphatic heterocycles. The summed E-state index contributed by atoms with van der Waals surface area (Å²) in [6.07, 6.45) is 0.283. The molecule has 0 spiro atoms. The Kier molecular flexibility index (Phi) is 2.03. The Morgan fingerprint density at radius 2 is 2.00 bits per heavy atom. The van der Waals surface area contributed by atoms with Crippen molar-refractivity contribution in [3.8, 4) is 0 Å². The van der Waals surface area contributed by atoms with E-state index in [1.165, 1.54) is 0 Å². The molecule has 0 heterocycles. The van der Waals surface area contributed by atoms with Gasteiger partial charge < -0.3 is 0 Å². The van der Waals surface area contributed by atoms with Gasteiger partial charge in [-0.25, -0.2) is 8.78 Å². The number of aldehydes is 1. The van der Waals surface area contributed by atoms with Gasteiger partial charge in [-0.15, -0.1) is 0 Å². The Hall–Kier alpha value is -1.19. The van der Waals surface area contributed by atoms with Crippen LogP contribution in [0.5, 0.6) is 0 Å². The maximum atomic E-state index is 12.7. The Morgan fingerprint density at radius 3 is 2.55 bits per heavy atom. The summed E-state index contributed by atoms with van der Waals surface area (Å²) in [5, 5.41) is 0. The second kappa shape index (κ2) is 2.82. The molecule has 1 aromatic rings. The quantitative estimate of drug-likeness (QED) is 0.424. The van der Waals surface area contributed by atoms with Crippen LogP contribution < -0.4 is 5.46 Å². The molecule has 0 aromatic heterocycles. The predicted molar refractivity (Wildman–Crippen MR) is 37.1 cm³/mol. The lowest BCUT2D eigenvalue weighted by Gasteiger charge is -1.99. The van der Waals surface area contributed by atoms with Gasteiger partial charge in [-0.1, -0.05) is 0 Å². The third-order valence-corrected chi connectivity index (χ3v) is 1.28. The van der Waals surface area contributed by atoms with Gasteiger partial charge in [0.2, 0.25) is 0 Å². The van der Waals surface area contributed by atoms with Gasteiger partial charge in [0.15, 0.2) is 6.29 Å². The maximum Gasteiger partial charge on any atom is 0.152 e. The van der Waals surface area contributed by atoms with Crippen LogP contribution in [0.2, 0.25) is 0 Å². The second-order valence-electron chi connectivity index (χ2n) is 1.98. The van der Waals surface area contributed by atoms with Crippen LogP contribution in [0.25, 0.3) is 0 Å². The highest BCUT2D eigenvalue weighted by atomic mass is 19.1. The number of hydrogen-bond donors (Lipinski definition) is 0. The van der Waals surface area contributed by atoms with Crippen LogP contribution >= 0.6 is 0 Å². The maximum absolute atomic E-state index is 12.7. The van der Waals surface area contributed by atoms with E-state index in [0.717, 1.165) is 12.1 Å². The van der Waals surface area contributed by atoms with Crippen LogP contribution in [0.3, 0.4) is 0 Å². The van der Waals surface area contributed by atoms with Crippen LogP contribution in [0.1, 0.15) is 10.4 Å². The largest absolute Gasteiger partial charge is 0.298 e. The van der Waals surface area contributed by atoms with Gasteiger partial charge in [-0.05, 0) is 17.6 Å². The normalized spacial score (nSPS) is 9.64. The monoisotopic (exact) mass is 152 g/mol. The molecule has 0 fully saturated rings. The minimum atomic E-state index is -1.000. The number of hydrogen-bond acceptors (Lipinski definition) is 1. The van der Waals surface area contributed by atoms with E-state index >= 15 is 0 Å². The molecule has 0 bridgehead atoms. The standard InChI is InChI=1S/C7H3BF2O/c8-6-5(9)2-1-4(3-11)7(6)10/h1-3H. The fourth-order valence-corrected chi connectivity index (χ4v) is 0.677. The Labute approximate surface area is 63.4 Å². The van der Waals surface area contributed by atoms with E-state index < -0.39 is 17.1 Å². The molecular weight excluding hydrogens is 149 g/mol. The first-order valence-corrected chi connectivity index (χ1v) is 2.85. The Morgan fingerprint density at radius 1 is 1.36 bits per heavy atom. The third kappa shape index (κ3) is 1.29. The lowest BCUT2D eigenvalue weighted by atomic mass is 9.93. The van der Waals surface area contributed by atoms with Crippen LogP contribution in [-0.2, 0) is 0 Å². The molecular formula is C7H3BF2O. The van der Waals surface area contributed by atoms with Crippen molar-refractivity contribution in [1.29, 1.82) is 0 Å². The molecule has 0 saturated carbocycles. The molecule has 4 heteroatoms. The highest BCUT2D eigenvalue weighted by molar-refractivity contribution is 6.33. The predicted octanol–water partition coefficient (Wildman–Crippen LogP) is 0.571. The van der Waals surface area contributed by atoms with Crippen LogP contribution in [0.15, 0.2) is 12.1 Å². The summed E-state index contributed by atoms with van der Waals surface area (Å²) in [6.45, 7) is 0. The zero-order valence-electron chi connectivity index (χ0n) is 5.47. The minimum Gasteiger partial charge on any atom is -0.298 e. The smallest absolute Gasteiger partial charge is 0.152 e. The summed E-state index contributed by atoms with van der Waals surface area (Å²) in [5.74, 6) is -1.85. The number of halogens is 2. The summed E-state index contributed by atoms with van der Waals surface area (Å²) in [6, 6.07) is 1.98. The van der Waals surface area contributed by atoms with E-state index in [9.17, 15) is 13.6 Å². The molecule has 0 aliphatic carbocycles.